The first-order valence-electron chi connectivity index (χ1n) is 7.26. The lowest BCUT2D eigenvalue weighted by Crippen LogP contribution is -2.25. The number of carbonyl (C=O) groups excluding carboxylic acids is 1. The van der Waals surface area contributed by atoms with Crippen LogP contribution in [0.3, 0.4) is 0 Å². The van der Waals surface area contributed by atoms with Crippen LogP contribution in [0.1, 0.15) is 6.92 Å². The molecule has 0 fully saturated rings. The third-order valence-electron chi connectivity index (χ3n) is 3.46. The number of halogens is 1. The first kappa shape index (κ1) is 15.0. The SMILES string of the molecule is CC(COc1ccccc1)C(=O)Nc1n[nH]c2cc(F)ccc12. The number of hydrogen-bond donors (Lipinski definition) is 2. The summed E-state index contributed by atoms with van der Waals surface area (Å²) in [6.07, 6.45) is 0. The Labute approximate surface area is 132 Å². The Bertz CT molecular complexity index is 817. The Balaban J connectivity index is 1.63. The maximum absolute atomic E-state index is 13.1. The van der Waals surface area contributed by atoms with Crippen molar-refractivity contribution < 1.29 is 13.9 Å². The zero-order valence-corrected chi connectivity index (χ0v) is 12.5. The van der Waals surface area contributed by atoms with Crippen molar-refractivity contribution in [1.82, 2.24) is 10.2 Å². The number of aromatic amines is 1. The van der Waals surface area contributed by atoms with Gasteiger partial charge in [-0.2, -0.15) is 5.10 Å². The first-order chi connectivity index (χ1) is 11.1. The Morgan fingerprint density at radius 3 is 2.87 bits per heavy atom. The number of benzene rings is 2. The summed E-state index contributed by atoms with van der Waals surface area (Å²) in [4.78, 5) is 12.2. The van der Waals surface area contributed by atoms with E-state index < -0.39 is 0 Å². The van der Waals surface area contributed by atoms with Gasteiger partial charge in [0.05, 0.1) is 18.0 Å². The largest absolute Gasteiger partial charge is 0.493 e. The van der Waals surface area contributed by atoms with E-state index in [-0.39, 0.29) is 24.2 Å². The van der Waals surface area contributed by atoms with E-state index in [2.05, 4.69) is 15.5 Å². The number of nitrogens with one attached hydrogen (secondary N) is 2. The Morgan fingerprint density at radius 1 is 1.30 bits per heavy atom. The van der Waals surface area contributed by atoms with Crippen LogP contribution in [0.15, 0.2) is 48.5 Å². The van der Waals surface area contributed by atoms with Crippen LogP contribution in [0.2, 0.25) is 0 Å². The highest BCUT2D eigenvalue weighted by Crippen LogP contribution is 2.21. The zero-order valence-electron chi connectivity index (χ0n) is 12.5. The van der Waals surface area contributed by atoms with Gasteiger partial charge in [0, 0.05) is 5.39 Å². The fraction of sp³-hybridized carbons (Fsp3) is 0.176. The van der Waals surface area contributed by atoms with Crippen LogP contribution < -0.4 is 10.1 Å². The topological polar surface area (TPSA) is 67.0 Å². The van der Waals surface area contributed by atoms with Crippen LogP contribution in [0.25, 0.3) is 10.9 Å². The molecule has 0 radical (unpaired) electrons. The van der Waals surface area contributed by atoms with E-state index in [0.717, 1.165) is 0 Å². The summed E-state index contributed by atoms with van der Waals surface area (Å²) in [5, 5.41) is 10.1. The fourth-order valence-electron chi connectivity index (χ4n) is 2.14. The van der Waals surface area contributed by atoms with Crippen molar-refractivity contribution in [2.75, 3.05) is 11.9 Å². The second-order valence-electron chi connectivity index (χ2n) is 5.28. The molecule has 23 heavy (non-hydrogen) atoms. The van der Waals surface area contributed by atoms with E-state index >= 15 is 0 Å². The molecule has 3 rings (SSSR count). The summed E-state index contributed by atoms with van der Waals surface area (Å²) >= 11 is 0. The Hall–Kier alpha value is -2.89. The van der Waals surface area contributed by atoms with Gasteiger partial charge in [-0.1, -0.05) is 25.1 Å². The van der Waals surface area contributed by atoms with E-state index in [1.165, 1.54) is 12.1 Å². The van der Waals surface area contributed by atoms with Crippen LogP contribution in [-0.4, -0.2) is 22.7 Å². The molecule has 1 amide bonds. The molecule has 2 N–H and O–H groups in total. The average molecular weight is 313 g/mol. The highest BCUT2D eigenvalue weighted by Gasteiger charge is 2.16. The molecule has 0 saturated carbocycles. The lowest BCUT2D eigenvalue weighted by atomic mass is 10.2. The molecule has 2 aromatic carbocycles. The van der Waals surface area contributed by atoms with E-state index in [1.54, 1.807) is 13.0 Å². The molecule has 3 aromatic rings. The van der Waals surface area contributed by atoms with E-state index in [1.807, 2.05) is 30.3 Å². The highest BCUT2D eigenvalue weighted by molar-refractivity contribution is 6.00. The minimum atomic E-state index is -0.359. The van der Waals surface area contributed by atoms with Gasteiger partial charge in [0.25, 0.3) is 0 Å². The number of anilines is 1. The highest BCUT2D eigenvalue weighted by atomic mass is 19.1. The molecule has 1 unspecified atom stereocenters. The van der Waals surface area contributed by atoms with Crippen LogP contribution in [-0.2, 0) is 4.79 Å². The van der Waals surface area contributed by atoms with Gasteiger partial charge in [-0.25, -0.2) is 4.39 Å². The van der Waals surface area contributed by atoms with Crippen molar-refractivity contribution in [2.45, 2.75) is 6.92 Å². The number of nitrogens with zero attached hydrogens (tertiary/aromatic N) is 1. The van der Waals surface area contributed by atoms with Crippen molar-refractivity contribution in [3.05, 3.63) is 54.3 Å². The summed E-state index contributed by atoms with van der Waals surface area (Å²) in [7, 11) is 0. The number of hydrogen-bond acceptors (Lipinski definition) is 3. The van der Waals surface area contributed by atoms with Gasteiger partial charge >= 0.3 is 0 Å². The van der Waals surface area contributed by atoms with Crippen LogP contribution >= 0.6 is 0 Å². The van der Waals surface area contributed by atoms with E-state index in [4.69, 9.17) is 4.74 Å². The van der Waals surface area contributed by atoms with Crippen LogP contribution in [0.5, 0.6) is 5.75 Å². The quantitative estimate of drug-likeness (QED) is 0.759. The van der Waals surface area contributed by atoms with Crippen molar-refractivity contribution in [3.63, 3.8) is 0 Å². The van der Waals surface area contributed by atoms with Crippen LogP contribution in [0, 0.1) is 11.7 Å². The van der Waals surface area contributed by atoms with Crippen molar-refractivity contribution in [2.24, 2.45) is 5.92 Å². The molecule has 0 aliphatic rings. The molecule has 6 heteroatoms. The van der Waals surface area contributed by atoms with Crippen molar-refractivity contribution >= 4 is 22.6 Å². The number of carbonyl (C=O) groups is 1. The van der Waals surface area contributed by atoms with Gasteiger partial charge in [0.15, 0.2) is 5.82 Å². The third kappa shape index (κ3) is 3.48. The van der Waals surface area contributed by atoms with Gasteiger partial charge in [0.1, 0.15) is 11.6 Å². The summed E-state index contributed by atoms with van der Waals surface area (Å²) in [5.74, 6) is 0.175. The summed E-state index contributed by atoms with van der Waals surface area (Å²) in [6, 6.07) is 13.5. The number of rotatable bonds is 5. The number of ether oxygens (including phenoxy) is 1. The molecule has 0 spiro atoms. The lowest BCUT2D eigenvalue weighted by Gasteiger charge is -2.12. The van der Waals surface area contributed by atoms with Crippen molar-refractivity contribution in [3.8, 4) is 5.75 Å². The predicted octanol–water partition coefficient (Wildman–Crippen LogP) is 3.36. The standard InChI is InChI=1S/C17H16FN3O2/c1-11(10-23-13-5-3-2-4-6-13)17(22)19-16-14-8-7-12(18)9-15(14)20-21-16/h2-9,11H,10H2,1H3,(H2,19,20,21,22). The van der Waals surface area contributed by atoms with Gasteiger partial charge < -0.3 is 10.1 Å². The van der Waals surface area contributed by atoms with Crippen LogP contribution in [0.4, 0.5) is 10.2 Å². The summed E-state index contributed by atoms with van der Waals surface area (Å²) in [5.41, 5.74) is 0.536. The number of para-hydroxylation sites is 1. The fourth-order valence-corrected chi connectivity index (χ4v) is 2.14. The molecule has 0 bridgehead atoms. The summed E-state index contributed by atoms with van der Waals surface area (Å²) in [6.45, 7) is 2.03. The monoisotopic (exact) mass is 313 g/mol. The molecule has 0 aliphatic carbocycles. The molecule has 0 saturated heterocycles. The molecule has 1 aromatic heterocycles. The minimum absolute atomic E-state index is 0.210. The second kappa shape index (κ2) is 6.48. The maximum atomic E-state index is 13.1. The van der Waals surface area contributed by atoms with E-state index in [0.29, 0.717) is 22.5 Å². The molecular weight excluding hydrogens is 297 g/mol. The van der Waals surface area contributed by atoms with Crippen molar-refractivity contribution in [1.29, 1.82) is 0 Å². The average Bonchev–Trinajstić information content (AvgIpc) is 2.95. The number of aromatic nitrogens is 2. The number of amides is 1. The van der Waals surface area contributed by atoms with Gasteiger partial charge in [-0.3, -0.25) is 9.89 Å². The smallest absolute Gasteiger partial charge is 0.231 e. The Morgan fingerprint density at radius 2 is 2.09 bits per heavy atom. The molecule has 0 aliphatic heterocycles. The zero-order chi connectivity index (χ0) is 16.2. The number of H-pyrrole nitrogens is 1. The Kier molecular flexibility index (Phi) is 4.23. The molecule has 118 valence electrons. The molecule has 1 atom stereocenters. The molecule has 1 heterocycles. The third-order valence-corrected chi connectivity index (χ3v) is 3.46. The molecular formula is C17H16FN3O2. The maximum Gasteiger partial charge on any atom is 0.231 e. The van der Waals surface area contributed by atoms with Gasteiger partial charge in [-0.05, 0) is 30.3 Å². The van der Waals surface area contributed by atoms with Gasteiger partial charge in [-0.15, -0.1) is 0 Å². The first-order valence-corrected chi connectivity index (χ1v) is 7.26. The predicted molar refractivity (Wildman–Crippen MR) is 85.8 cm³/mol. The molecule has 5 nitrogen and oxygen atoms in total. The van der Waals surface area contributed by atoms with E-state index in [9.17, 15) is 9.18 Å². The minimum Gasteiger partial charge on any atom is -0.493 e. The lowest BCUT2D eigenvalue weighted by molar-refractivity contribution is -0.120. The number of fused-ring (bicyclic) bond motifs is 1. The van der Waals surface area contributed by atoms with Gasteiger partial charge in [0.2, 0.25) is 5.91 Å². The summed E-state index contributed by atoms with van der Waals surface area (Å²) < 4.78 is 18.7. The normalized spacial score (nSPS) is 12.1. The second-order valence-corrected chi connectivity index (χ2v) is 5.28.